The molecule has 150 valence electrons. The fourth-order valence-corrected chi connectivity index (χ4v) is 2.64. The molecule has 2 aromatic rings. The molecule has 0 saturated carbocycles. The Morgan fingerprint density at radius 3 is 2.46 bits per heavy atom. The van der Waals surface area contributed by atoms with Crippen LogP contribution in [0.15, 0.2) is 47.5 Å². The van der Waals surface area contributed by atoms with Crippen LogP contribution in [0.5, 0.6) is 11.5 Å². The maximum absolute atomic E-state index is 12.2. The number of methoxy groups -OCH3 is 2. The first kappa shape index (κ1) is 21.1. The molecule has 0 unspecified atom stereocenters. The largest absolute Gasteiger partial charge is 0.493 e. The molecule has 1 amide bonds. The first-order chi connectivity index (χ1) is 13.6. The molecule has 0 aliphatic rings. The SMILES string of the molecule is CCc1cccc(NC(=O)CNC(=NC)NCc2ccc(OC)c(OC)c2)c1. The number of rotatable bonds is 8. The molecule has 0 spiro atoms. The summed E-state index contributed by atoms with van der Waals surface area (Å²) in [6.45, 7) is 2.72. The number of hydrogen-bond donors (Lipinski definition) is 3. The number of nitrogens with zero attached hydrogens (tertiary/aromatic N) is 1. The summed E-state index contributed by atoms with van der Waals surface area (Å²) >= 11 is 0. The number of hydrogen-bond acceptors (Lipinski definition) is 4. The van der Waals surface area contributed by atoms with Gasteiger partial charge >= 0.3 is 0 Å². The van der Waals surface area contributed by atoms with E-state index in [-0.39, 0.29) is 12.5 Å². The summed E-state index contributed by atoms with van der Waals surface area (Å²) in [7, 11) is 4.86. The minimum absolute atomic E-state index is 0.113. The molecule has 0 aromatic heterocycles. The first-order valence-electron chi connectivity index (χ1n) is 9.13. The van der Waals surface area contributed by atoms with Gasteiger partial charge in [-0.2, -0.15) is 0 Å². The predicted octanol–water partition coefficient (Wildman–Crippen LogP) is 2.57. The number of anilines is 1. The van der Waals surface area contributed by atoms with Gasteiger partial charge in [-0.15, -0.1) is 0 Å². The predicted molar refractivity (Wildman–Crippen MR) is 112 cm³/mol. The third kappa shape index (κ3) is 6.19. The highest BCUT2D eigenvalue weighted by Gasteiger charge is 2.07. The van der Waals surface area contributed by atoms with Crippen LogP contribution < -0.4 is 25.4 Å². The summed E-state index contributed by atoms with van der Waals surface area (Å²) < 4.78 is 10.6. The Bertz CT molecular complexity index is 821. The molecule has 0 fully saturated rings. The molecule has 2 rings (SSSR count). The summed E-state index contributed by atoms with van der Waals surface area (Å²) in [6, 6.07) is 13.5. The van der Waals surface area contributed by atoms with Gasteiger partial charge in [-0.05, 0) is 41.8 Å². The van der Waals surface area contributed by atoms with E-state index < -0.39 is 0 Å². The highest BCUT2D eigenvalue weighted by atomic mass is 16.5. The van der Waals surface area contributed by atoms with Gasteiger partial charge in [0, 0.05) is 19.3 Å². The van der Waals surface area contributed by atoms with Crippen LogP contribution >= 0.6 is 0 Å². The van der Waals surface area contributed by atoms with E-state index in [0.717, 1.165) is 17.7 Å². The van der Waals surface area contributed by atoms with Gasteiger partial charge in [-0.1, -0.05) is 25.1 Å². The van der Waals surface area contributed by atoms with E-state index in [1.54, 1.807) is 21.3 Å². The Morgan fingerprint density at radius 1 is 1.00 bits per heavy atom. The summed E-state index contributed by atoms with van der Waals surface area (Å²) in [4.78, 5) is 16.3. The zero-order chi connectivity index (χ0) is 20.4. The van der Waals surface area contributed by atoms with Crippen molar-refractivity contribution in [3.05, 3.63) is 53.6 Å². The fraction of sp³-hybridized carbons (Fsp3) is 0.333. The van der Waals surface area contributed by atoms with Crippen molar-refractivity contribution in [2.45, 2.75) is 19.9 Å². The molecule has 0 bridgehead atoms. The topological polar surface area (TPSA) is 84.0 Å². The van der Waals surface area contributed by atoms with Crippen LogP contribution in [0.3, 0.4) is 0 Å². The van der Waals surface area contributed by atoms with Gasteiger partial charge in [0.1, 0.15) is 0 Å². The maximum atomic E-state index is 12.2. The van der Waals surface area contributed by atoms with Crippen LogP contribution in [0.2, 0.25) is 0 Å². The summed E-state index contributed by atoms with van der Waals surface area (Å²) in [5.74, 6) is 1.74. The van der Waals surface area contributed by atoms with Gasteiger partial charge < -0.3 is 25.4 Å². The number of aliphatic imine (C=N–C) groups is 1. The van der Waals surface area contributed by atoms with Crippen molar-refractivity contribution in [3.63, 3.8) is 0 Å². The standard InChI is InChI=1S/C21H28N4O3/c1-5-15-7-6-8-17(11-15)25-20(26)14-24-21(22-2)23-13-16-9-10-18(27-3)19(12-16)28-4/h6-12H,5,13-14H2,1-4H3,(H,25,26)(H2,22,23,24). The molecule has 28 heavy (non-hydrogen) atoms. The number of nitrogens with one attached hydrogen (secondary N) is 3. The lowest BCUT2D eigenvalue weighted by molar-refractivity contribution is -0.115. The Hall–Kier alpha value is -3.22. The number of amides is 1. The van der Waals surface area contributed by atoms with E-state index in [0.29, 0.717) is 24.0 Å². The Kier molecular flexibility index (Phi) is 8.14. The Balaban J connectivity index is 1.84. The second-order valence-corrected chi connectivity index (χ2v) is 6.07. The molecule has 3 N–H and O–H groups in total. The van der Waals surface area contributed by atoms with Crippen LogP contribution in [0.25, 0.3) is 0 Å². The third-order valence-electron chi connectivity index (χ3n) is 4.17. The van der Waals surface area contributed by atoms with Crippen molar-refractivity contribution in [1.82, 2.24) is 10.6 Å². The zero-order valence-electron chi connectivity index (χ0n) is 16.8. The van der Waals surface area contributed by atoms with Gasteiger partial charge in [0.05, 0.1) is 20.8 Å². The molecule has 7 heteroatoms. The fourth-order valence-electron chi connectivity index (χ4n) is 2.64. The monoisotopic (exact) mass is 384 g/mol. The van der Waals surface area contributed by atoms with E-state index in [1.807, 2.05) is 42.5 Å². The van der Waals surface area contributed by atoms with Crippen LogP contribution in [0, 0.1) is 0 Å². The van der Waals surface area contributed by atoms with Gasteiger partial charge in [0.25, 0.3) is 0 Å². The molecule has 0 heterocycles. The summed E-state index contributed by atoms with van der Waals surface area (Å²) in [5.41, 5.74) is 2.97. The Labute approximate surface area is 166 Å². The summed E-state index contributed by atoms with van der Waals surface area (Å²) in [5, 5.41) is 9.07. The molecule has 0 atom stereocenters. The van der Waals surface area contributed by atoms with Crippen molar-refractivity contribution in [3.8, 4) is 11.5 Å². The van der Waals surface area contributed by atoms with Gasteiger partial charge in [-0.25, -0.2) is 0 Å². The normalized spacial score (nSPS) is 10.9. The number of benzene rings is 2. The molecule has 0 aliphatic heterocycles. The number of carbonyl (C=O) groups excluding carboxylic acids is 1. The Morgan fingerprint density at radius 2 is 1.79 bits per heavy atom. The molecule has 0 saturated heterocycles. The molecule has 7 nitrogen and oxygen atoms in total. The van der Waals surface area contributed by atoms with Crippen LogP contribution in [-0.4, -0.2) is 39.7 Å². The zero-order valence-corrected chi connectivity index (χ0v) is 16.8. The molecule has 2 aromatic carbocycles. The van der Waals surface area contributed by atoms with Gasteiger partial charge in [0.15, 0.2) is 17.5 Å². The van der Waals surface area contributed by atoms with Crippen molar-refractivity contribution < 1.29 is 14.3 Å². The van der Waals surface area contributed by atoms with Crippen LogP contribution in [0.1, 0.15) is 18.1 Å². The molecular weight excluding hydrogens is 356 g/mol. The van der Waals surface area contributed by atoms with Gasteiger partial charge in [-0.3, -0.25) is 9.79 Å². The van der Waals surface area contributed by atoms with Crippen molar-refractivity contribution in [2.24, 2.45) is 4.99 Å². The molecular formula is C21H28N4O3. The highest BCUT2D eigenvalue weighted by molar-refractivity contribution is 5.95. The van der Waals surface area contributed by atoms with Crippen LogP contribution in [0.4, 0.5) is 5.69 Å². The molecule has 0 aliphatic carbocycles. The van der Waals surface area contributed by atoms with Crippen LogP contribution in [-0.2, 0) is 17.8 Å². The second-order valence-electron chi connectivity index (χ2n) is 6.07. The number of aryl methyl sites for hydroxylation is 1. The van der Waals surface area contributed by atoms with E-state index in [2.05, 4.69) is 27.9 Å². The number of guanidine groups is 1. The van der Waals surface area contributed by atoms with Crippen molar-refractivity contribution >= 4 is 17.6 Å². The minimum Gasteiger partial charge on any atom is -0.493 e. The van der Waals surface area contributed by atoms with E-state index in [1.165, 1.54) is 5.56 Å². The lowest BCUT2D eigenvalue weighted by atomic mass is 10.1. The van der Waals surface area contributed by atoms with Crippen molar-refractivity contribution in [1.29, 1.82) is 0 Å². The van der Waals surface area contributed by atoms with Crippen molar-refractivity contribution in [2.75, 3.05) is 33.1 Å². The smallest absolute Gasteiger partial charge is 0.243 e. The second kappa shape index (κ2) is 10.8. The van der Waals surface area contributed by atoms with E-state index in [9.17, 15) is 4.79 Å². The summed E-state index contributed by atoms with van der Waals surface area (Å²) in [6.07, 6.45) is 0.925. The highest BCUT2D eigenvalue weighted by Crippen LogP contribution is 2.27. The number of carbonyl (C=O) groups is 1. The average molecular weight is 384 g/mol. The first-order valence-corrected chi connectivity index (χ1v) is 9.13. The minimum atomic E-state index is -0.137. The average Bonchev–Trinajstić information content (AvgIpc) is 2.73. The number of ether oxygens (including phenoxy) is 2. The maximum Gasteiger partial charge on any atom is 0.243 e. The lowest BCUT2D eigenvalue weighted by Gasteiger charge is -2.14. The van der Waals surface area contributed by atoms with E-state index in [4.69, 9.17) is 9.47 Å². The lowest BCUT2D eigenvalue weighted by Crippen LogP contribution is -2.41. The quantitative estimate of drug-likeness (QED) is 0.481. The molecule has 0 radical (unpaired) electrons. The third-order valence-corrected chi connectivity index (χ3v) is 4.17. The van der Waals surface area contributed by atoms with Gasteiger partial charge in [0.2, 0.25) is 5.91 Å². The van der Waals surface area contributed by atoms with E-state index >= 15 is 0 Å².